The molecule has 2 radical (unpaired) electrons. The Morgan fingerprint density at radius 3 is 1.10 bits per heavy atom. The Bertz CT molecular complexity index is 612. The summed E-state index contributed by atoms with van der Waals surface area (Å²) in [6, 6.07) is 0. The molecule has 0 aromatic rings. The first-order valence-corrected chi connectivity index (χ1v) is 32.5. The van der Waals surface area contributed by atoms with Gasteiger partial charge in [0.05, 0.1) is 0 Å². The number of hydrogen-bond donors (Lipinski definition) is 0. The van der Waals surface area contributed by atoms with Gasteiger partial charge in [-0.05, 0) is 0 Å². The van der Waals surface area contributed by atoms with Gasteiger partial charge in [-0.25, -0.2) is 0 Å². The molecule has 0 N–H and O–H groups in total. The molecule has 3 nitrogen and oxygen atoms in total. The van der Waals surface area contributed by atoms with Crippen molar-refractivity contribution < 1.29 is 9.22 Å². The molecule has 5 heteroatoms. The first kappa shape index (κ1) is 51.5. The molecule has 0 saturated carbocycles. The standard InChI is InChI=1S/C19H38O.2C8H17.2C5H11O.2Sn/c1-4-7-9-11-13-15-17-19(20,6-3)18-16-14-12-10-8-5-2;2*1-3-5-7-8-6-4-2;2*1-5(2)3-4-6;;/h3-18H2,1-2H3;2*1,3-8H2,2H3;2*5H,3-4H2,1-2H3;;/q-1;;;2*-1;+1;+2. The van der Waals surface area contributed by atoms with Gasteiger partial charge in [-0.1, -0.05) is 0 Å². The predicted molar refractivity (Wildman–Crippen MR) is 228 cm³/mol. The van der Waals surface area contributed by atoms with Crippen LogP contribution in [0.15, 0.2) is 0 Å². The molecule has 0 aromatic carbocycles. The fourth-order valence-corrected chi connectivity index (χ4v) is 19.6. The summed E-state index contributed by atoms with van der Waals surface area (Å²) in [4.78, 5) is 0. The molecule has 300 valence electrons. The number of rotatable bonds is 41. The SMILES string of the molecule is CCCCCCC[CH2][Sn]([CH2]CCCCCCC)[O]C(CCCCCCCC)(CCCCCCCC)C[CH2][Sn]([O]CCC(C)C)[O]CCC(C)C. The van der Waals surface area contributed by atoms with Crippen LogP contribution in [0.3, 0.4) is 0 Å². The van der Waals surface area contributed by atoms with Crippen molar-refractivity contribution in [2.24, 2.45) is 11.8 Å². The fourth-order valence-electron chi connectivity index (χ4n) is 7.05. The van der Waals surface area contributed by atoms with E-state index in [1.807, 2.05) is 0 Å². The second kappa shape index (κ2) is 38.7. The van der Waals surface area contributed by atoms with E-state index >= 15 is 0 Å². The van der Waals surface area contributed by atoms with Crippen molar-refractivity contribution in [2.45, 2.75) is 261 Å². The Hall–Kier alpha value is 1.48. The monoisotopic (exact) mass is 923 g/mol. The van der Waals surface area contributed by atoms with E-state index in [0.29, 0.717) is 11.8 Å². The summed E-state index contributed by atoms with van der Waals surface area (Å²) >= 11 is -4.47. The van der Waals surface area contributed by atoms with E-state index < -0.39 is 40.8 Å². The Kier molecular flexibility index (Phi) is 39.9. The van der Waals surface area contributed by atoms with Gasteiger partial charge in [0.2, 0.25) is 0 Å². The van der Waals surface area contributed by atoms with E-state index in [1.54, 1.807) is 0 Å². The normalized spacial score (nSPS) is 12.5. The van der Waals surface area contributed by atoms with Gasteiger partial charge in [-0.3, -0.25) is 0 Å². The van der Waals surface area contributed by atoms with Gasteiger partial charge in [0.15, 0.2) is 0 Å². The minimum atomic E-state index is -2.43. The molecule has 50 heavy (non-hydrogen) atoms. The van der Waals surface area contributed by atoms with Crippen LogP contribution in [0.25, 0.3) is 0 Å². The van der Waals surface area contributed by atoms with Gasteiger partial charge in [0, 0.05) is 0 Å². The van der Waals surface area contributed by atoms with Crippen LogP contribution in [0.4, 0.5) is 0 Å². The molecule has 0 spiro atoms. The van der Waals surface area contributed by atoms with E-state index in [4.69, 9.17) is 9.22 Å². The van der Waals surface area contributed by atoms with Gasteiger partial charge in [-0.15, -0.1) is 0 Å². The molecule has 0 aliphatic carbocycles. The molecule has 0 saturated heterocycles. The van der Waals surface area contributed by atoms with E-state index in [-0.39, 0.29) is 5.60 Å². The summed E-state index contributed by atoms with van der Waals surface area (Å²) in [5.41, 5.74) is 0.0866. The Labute approximate surface area is 333 Å². The molecule has 0 aromatic heterocycles. The molecule has 0 aliphatic heterocycles. The van der Waals surface area contributed by atoms with Crippen LogP contribution in [-0.2, 0) is 9.22 Å². The fraction of sp³-hybridized carbons (Fsp3) is 1.00. The van der Waals surface area contributed by atoms with Crippen molar-refractivity contribution in [3.63, 3.8) is 0 Å². The third-order valence-corrected chi connectivity index (χ3v) is 22.8. The maximum absolute atomic E-state index is 7.90. The van der Waals surface area contributed by atoms with Crippen molar-refractivity contribution in [1.29, 1.82) is 0 Å². The van der Waals surface area contributed by atoms with Gasteiger partial charge >= 0.3 is 336 Å². The quantitative estimate of drug-likeness (QED) is 0.0452. The van der Waals surface area contributed by atoms with Crippen LogP contribution >= 0.6 is 0 Å². The van der Waals surface area contributed by atoms with Gasteiger partial charge in [-0.2, -0.15) is 0 Å². The summed E-state index contributed by atoms with van der Waals surface area (Å²) in [6.07, 6.45) is 39.6. The first-order valence-electron chi connectivity index (χ1n) is 23.0. The Balaban J connectivity index is 6.07. The third-order valence-electron chi connectivity index (χ3n) is 10.7. The molecular formula is C45H94O3Sn2. The summed E-state index contributed by atoms with van der Waals surface area (Å²) in [6.45, 7) is 20.5. The van der Waals surface area contributed by atoms with Crippen LogP contribution in [0.2, 0.25) is 13.3 Å². The zero-order valence-corrected chi connectivity index (χ0v) is 41.6. The van der Waals surface area contributed by atoms with Crippen LogP contribution in [0, 0.1) is 11.8 Å². The van der Waals surface area contributed by atoms with E-state index in [9.17, 15) is 0 Å². The minimum absolute atomic E-state index is 0.0866. The summed E-state index contributed by atoms with van der Waals surface area (Å²) in [5.74, 6) is 1.38. The zero-order valence-electron chi connectivity index (χ0n) is 35.9. The molecule has 0 bridgehead atoms. The van der Waals surface area contributed by atoms with E-state index in [2.05, 4.69) is 55.4 Å². The van der Waals surface area contributed by atoms with Gasteiger partial charge in [0.1, 0.15) is 0 Å². The van der Waals surface area contributed by atoms with Crippen molar-refractivity contribution in [3.05, 3.63) is 0 Å². The van der Waals surface area contributed by atoms with Crippen LogP contribution in [0.5, 0.6) is 0 Å². The van der Waals surface area contributed by atoms with Crippen LogP contribution in [0.1, 0.15) is 242 Å². The number of hydrogen-bond acceptors (Lipinski definition) is 3. The van der Waals surface area contributed by atoms with Gasteiger partial charge < -0.3 is 0 Å². The predicted octanol–water partition coefficient (Wildman–Crippen LogP) is 16.0. The van der Waals surface area contributed by atoms with E-state index in [0.717, 1.165) is 26.1 Å². The molecule has 0 unspecified atom stereocenters. The topological polar surface area (TPSA) is 27.7 Å². The Morgan fingerprint density at radius 1 is 0.400 bits per heavy atom. The summed E-state index contributed by atoms with van der Waals surface area (Å²) < 4.78 is 25.5. The third kappa shape index (κ3) is 34.0. The van der Waals surface area contributed by atoms with E-state index in [1.165, 1.54) is 187 Å². The zero-order chi connectivity index (χ0) is 37.0. The molecule has 0 rings (SSSR count). The van der Waals surface area contributed by atoms with Gasteiger partial charge in [0.25, 0.3) is 0 Å². The molecule has 0 amide bonds. The van der Waals surface area contributed by atoms with Crippen LogP contribution in [-0.4, -0.2) is 59.6 Å². The Morgan fingerprint density at radius 2 is 0.740 bits per heavy atom. The first-order chi connectivity index (χ1) is 24.3. The van der Waals surface area contributed by atoms with Crippen molar-refractivity contribution in [2.75, 3.05) is 13.2 Å². The van der Waals surface area contributed by atoms with Crippen molar-refractivity contribution in [3.8, 4) is 0 Å². The van der Waals surface area contributed by atoms with Crippen LogP contribution < -0.4 is 0 Å². The molecule has 0 heterocycles. The van der Waals surface area contributed by atoms with Crippen molar-refractivity contribution >= 4 is 40.8 Å². The second-order valence-electron chi connectivity index (χ2n) is 16.8. The summed E-state index contributed by atoms with van der Waals surface area (Å²) in [7, 11) is 0. The second-order valence-corrected chi connectivity index (χ2v) is 28.5. The molecule has 0 aliphatic rings. The average molecular weight is 921 g/mol. The van der Waals surface area contributed by atoms with Crippen molar-refractivity contribution in [1.82, 2.24) is 0 Å². The molecule has 0 fully saturated rings. The number of unbranched alkanes of at least 4 members (excludes halogenated alkanes) is 20. The average Bonchev–Trinajstić information content (AvgIpc) is 3.09. The molecular weight excluding hydrogens is 826 g/mol. The maximum atomic E-state index is 7.90. The summed E-state index contributed by atoms with van der Waals surface area (Å²) in [5, 5.41) is 0. The molecule has 0 atom stereocenters.